The summed E-state index contributed by atoms with van der Waals surface area (Å²) in [5, 5.41) is -0.306. The van der Waals surface area contributed by atoms with Crippen molar-refractivity contribution in [3.05, 3.63) is 46.4 Å². The molecule has 2 rings (SSSR count). The van der Waals surface area contributed by atoms with E-state index in [-0.39, 0.29) is 17.3 Å². The van der Waals surface area contributed by atoms with E-state index >= 15 is 0 Å². The zero-order valence-electron chi connectivity index (χ0n) is 8.93. The second-order valence-electron chi connectivity index (χ2n) is 3.35. The normalized spacial score (nSPS) is 11.7. The van der Waals surface area contributed by atoms with Crippen LogP contribution >= 0.6 is 15.9 Å². The van der Waals surface area contributed by atoms with Gasteiger partial charge in [0.25, 0.3) is 5.16 Å². The lowest BCUT2D eigenvalue weighted by atomic mass is 10.2. The van der Waals surface area contributed by atoms with Gasteiger partial charge in [-0.05, 0) is 12.1 Å². The Balaban J connectivity index is 2.13. The molecule has 0 unspecified atom stereocenters. The van der Waals surface area contributed by atoms with E-state index in [4.69, 9.17) is 4.18 Å². The van der Waals surface area contributed by atoms with Crippen LogP contribution in [0.15, 0.2) is 40.2 Å². The maximum absolute atomic E-state index is 13.4. The van der Waals surface area contributed by atoms with Crippen LogP contribution in [0, 0.1) is 5.82 Å². The Kier molecular flexibility index (Phi) is 3.79. The van der Waals surface area contributed by atoms with Gasteiger partial charge in [0.1, 0.15) is 5.82 Å². The highest BCUT2D eigenvalue weighted by Gasteiger charge is 2.18. The molecule has 2 aromatic rings. The maximum Gasteiger partial charge on any atom is 0.331 e. The molecular formula is C10H8BrFN2O3S. The Morgan fingerprint density at radius 2 is 2.22 bits per heavy atom. The molecule has 0 saturated heterocycles. The molecule has 0 aliphatic rings. The number of aromatic amines is 1. The minimum Gasteiger partial charge on any atom is -0.334 e. The average molecular weight is 335 g/mol. The van der Waals surface area contributed by atoms with Gasteiger partial charge in [-0.25, -0.2) is 9.37 Å². The second kappa shape index (κ2) is 5.17. The summed E-state index contributed by atoms with van der Waals surface area (Å²) >= 11 is 3.10. The number of halogens is 2. The van der Waals surface area contributed by atoms with Crippen molar-refractivity contribution in [3.63, 3.8) is 0 Å². The molecule has 1 aromatic carbocycles. The Bertz CT molecular complexity index is 643. The standard InChI is InChI=1S/C10H8BrFN2O3S/c11-8-2-1-7(9(12)5-8)6-17-18(15,16)10-13-3-4-14-10/h1-5H,6H2,(H,13,14). The second-order valence-corrected chi connectivity index (χ2v) is 5.79. The van der Waals surface area contributed by atoms with Gasteiger partial charge in [-0.1, -0.05) is 22.0 Å². The van der Waals surface area contributed by atoms with E-state index in [1.165, 1.54) is 24.5 Å². The Morgan fingerprint density at radius 3 is 2.83 bits per heavy atom. The first-order valence-electron chi connectivity index (χ1n) is 4.82. The Morgan fingerprint density at radius 1 is 1.44 bits per heavy atom. The maximum atomic E-state index is 13.4. The summed E-state index contributed by atoms with van der Waals surface area (Å²) in [7, 11) is -3.99. The number of aromatic nitrogens is 2. The topological polar surface area (TPSA) is 72.1 Å². The van der Waals surface area contributed by atoms with Crippen LogP contribution in [0.2, 0.25) is 0 Å². The monoisotopic (exact) mass is 334 g/mol. The summed E-state index contributed by atoms with van der Waals surface area (Å²) in [6.07, 6.45) is 2.65. The number of nitrogens with one attached hydrogen (secondary N) is 1. The molecule has 0 atom stereocenters. The van der Waals surface area contributed by atoms with Crippen molar-refractivity contribution in [2.45, 2.75) is 11.8 Å². The third-order valence-electron chi connectivity index (χ3n) is 2.09. The van der Waals surface area contributed by atoms with E-state index in [9.17, 15) is 12.8 Å². The number of H-pyrrole nitrogens is 1. The molecule has 1 aromatic heterocycles. The Labute approximate surface area is 111 Å². The van der Waals surface area contributed by atoms with E-state index in [1.54, 1.807) is 6.07 Å². The van der Waals surface area contributed by atoms with Gasteiger partial charge in [0, 0.05) is 22.4 Å². The molecule has 5 nitrogen and oxygen atoms in total. The first-order chi connectivity index (χ1) is 8.49. The zero-order chi connectivity index (χ0) is 13.2. The molecule has 0 fully saturated rings. The first-order valence-corrected chi connectivity index (χ1v) is 7.02. The van der Waals surface area contributed by atoms with Crippen molar-refractivity contribution >= 4 is 26.0 Å². The minimum atomic E-state index is -3.99. The fraction of sp³-hybridized carbons (Fsp3) is 0.100. The van der Waals surface area contributed by atoms with Crippen LogP contribution < -0.4 is 0 Å². The van der Waals surface area contributed by atoms with Crippen LogP contribution in [-0.4, -0.2) is 18.4 Å². The van der Waals surface area contributed by atoms with Crippen LogP contribution in [0.3, 0.4) is 0 Å². The summed E-state index contributed by atoms with van der Waals surface area (Å²) in [5.41, 5.74) is 0.147. The molecule has 0 spiro atoms. The van der Waals surface area contributed by atoms with Crippen molar-refractivity contribution in [2.75, 3.05) is 0 Å². The molecule has 0 aliphatic carbocycles. The molecule has 0 saturated carbocycles. The number of rotatable bonds is 4. The number of imidazole rings is 1. The van der Waals surface area contributed by atoms with E-state index < -0.39 is 15.9 Å². The lowest BCUT2D eigenvalue weighted by Crippen LogP contribution is -2.09. The molecule has 0 amide bonds. The lowest BCUT2D eigenvalue weighted by Gasteiger charge is -2.04. The molecule has 1 heterocycles. The predicted octanol–water partition coefficient (Wildman–Crippen LogP) is 2.22. The van der Waals surface area contributed by atoms with Gasteiger partial charge in [-0.2, -0.15) is 8.42 Å². The molecule has 0 bridgehead atoms. The molecule has 1 N–H and O–H groups in total. The molecule has 8 heteroatoms. The number of benzene rings is 1. The van der Waals surface area contributed by atoms with Crippen molar-refractivity contribution < 1.29 is 17.0 Å². The minimum absolute atomic E-state index is 0.147. The van der Waals surface area contributed by atoms with Crippen molar-refractivity contribution in [1.82, 2.24) is 9.97 Å². The van der Waals surface area contributed by atoms with E-state index in [2.05, 4.69) is 25.9 Å². The smallest absolute Gasteiger partial charge is 0.331 e. The average Bonchev–Trinajstić information content (AvgIpc) is 2.82. The van der Waals surface area contributed by atoms with E-state index in [0.717, 1.165) is 0 Å². The van der Waals surface area contributed by atoms with Crippen LogP contribution in [0.5, 0.6) is 0 Å². The van der Waals surface area contributed by atoms with Crippen LogP contribution in [0.4, 0.5) is 4.39 Å². The van der Waals surface area contributed by atoms with Crippen molar-refractivity contribution in [1.29, 1.82) is 0 Å². The fourth-order valence-electron chi connectivity index (χ4n) is 1.22. The number of nitrogens with zero attached hydrogens (tertiary/aromatic N) is 1. The van der Waals surface area contributed by atoms with Crippen molar-refractivity contribution in [3.8, 4) is 0 Å². The van der Waals surface area contributed by atoms with Gasteiger partial charge in [0.15, 0.2) is 0 Å². The first kappa shape index (κ1) is 13.2. The predicted molar refractivity (Wildman–Crippen MR) is 64.7 cm³/mol. The van der Waals surface area contributed by atoms with Gasteiger partial charge in [0.2, 0.25) is 0 Å². The fourth-order valence-corrected chi connectivity index (χ4v) is 2.35. The third kappa shape index (κ3) is 2.95. The highest BCUT2D eigenvalue weighted by atomic mass is 79.9. The summed E-state index contributed by atoms with van der Waals surface area (Å²) in [6.45, 7) is -0.387. The summed E-state index contributed by atoms with van der Waals surface area (Å²) < 4.78 is 41.9. The van der Waals surface area contributed by atoms with Crippen molar-refractivity contribution in [2.24, 2.45) is 0 Å². The highest BCUT2D eigenvalue weighted by Crippen LogP contribution is 2.17. The third-order valence-corrected chi connectivity index (χ3v) is 3.71. The van der Waals surface area contributed by atoms with Gasteiger partial charge < -0.3 is 4.98 Å². The molecule has 18 heavy (non-hydrogen) atoms. The highest BCUT2D eigenvalue weighted by molar-refractivity contribution is 9.10. The largest absolute Gasteiger partial charge is 0.334 e. The molecule has 96 valence electrons. The Hall–Kier alpha value is -1.25. The summed E-state index contributed by atoms with van der Waals surface area (Å²) in [6, 6.07) is 4.27. The number of hydrogen-bond acceptors (Lipinski definition) is 4. The van der Waals surface area contributed by atoms with Crippen LogP contribution in [0.1, 0.15) is 5.56 Å². The lowest BCUT2D eigenvalue weighted by molar-refractivity contribution is 0.299. The quantitative estimate of drug-likeness (QED) is 0.870. The van der Waals surface area contributed by atoms with E-state index in [0.29, 0.717) is 4.47 Å². The van der Waals surface area contributed by atoms with Gasteiger partial charge >= 0.3 is 10.1 Å². The molecule has 0 aliphatic heterocycles. The summed E-state index contributed by atoms with van der Waals surface area (Å²) in [5.74, 6) is -0.543. The van der Waals surface area contributed by atoms with Gasteiger partial charge in [0.05, 0.1) is 6.61 Å². The van der Waals surface area contributed by atoms with E-state index in [1.807, 2.05) is 0 Å². The van der Waals surface area contributed by atoms with Gasteiger partial charge in [-0.3, -0.25) is 4.18 Å². The number of hydrogen-bond donors (Lipinski definition) is 1. The molecule has 0 radical (unpaired) electrons. The summed E-state index contributed by atoms with van der Waals surface area (Å²) in [4.78, 5) is 5.98. The van der Waals surface area contributed by atoms with Crippen LogP contribution in [0.25, 0.3) is 0 Å². The zero-order valence-corrected chi connectivity index (χ0v) is 11.3. The van der Waals surface area contributed by atoms with Crippen LogP contribution in [-0.2, 0) is 20.9 Å². The van der Waals surface area contributed by atoms with Gasteiger partial charge in [-0.15, -0.1) is 0 Å². The molecular weight excluding hydrogens is 327 g/mol. The SMILES string of the molecule is O=S(=O)(OCc1ccc(Br)cc1F)c1ncc[nH]1.